The van der Waals surface area contributed by atoms with Gasteiger partial charge >= 0.3 is 0 Å². The van der Waals surface area contributed by atoms with Gasteiger partial charge in [0.2, 0.25) is 0 Å². The molecule has 0 heterocycles. The van der Waals surface area contributed by atoms with Gasteiger partial charge in [0.15, 0.2) is 0 Å². The van der Waals surface area contributed by atoms with Gasteiger partial charge in [-0.25, -0.2) is 4.39 Å². The van der Waals surface area contributed by atoms with Crippen molar-refractivity contribution in [2.24, 2.45) is 0 Å². The van der Waals surface area contributed by atoms with Crippen LogP contribution in [0, 0.1) is 5.82 Å². The van der Waals surface area contributed by atoms with Crippen molar-refractivity contribution in [3.05, 3.63) is 29.6 Å². The first-order chi connectivity index (χ1) is 6.93. The first kappa shape index (κ1) is 12.0. The number of carbonyl (C=O) groups excluding carboxylic acids is 1. The van der Waals surface area contributed by atoms with Crippen molar-refractivity contribution >= 4 is 18.5 Å². The zero-order chi connectivity index (χ0) is 11.6. The van der Waals surface area contributed by atoms with Crippen LogP contribution in [-0.4, -0.2) is 23.9 Å². The van der Waals surface area contributed by atoms with Crippen LogP contribution in [0.15, 0.2) is 23.1 Å². The van der Waals surface area contributed by atoms with Gasteiger partial charge in [0.1, 0.15) is 5.82 Å². The molecule has 0 radical (unpaired) electrons. The van der Waals surface area contributed by atoms with E-state index in [2.05, 4.69) is 12.6 Å². The SMILES string of the molecule is CC(C)N(C)C(=O)c1ccc(F)c(S)c1. The van der Waals surface area contributed by atoms with Gasteiger partial charge in [0, 0.05) is 23.5 Å². The lowest BCUT2D eigenvalue weighted by atomic mass is 10.2. The smallest absolute Gasteiger partial charge is 0.253 e. The molecule has 0 aliphatic rings. The number of amides is 1. The van der Waals surface area contributed by atoms with Gasteiger partial charge in [-0.05, 0) is 32.0 Å². The molecule has 0 atom stereocenters. The second kappa shape index (κ2) is 4.66. The van der Waals surface area contributed by atoms with E-state index in [9.17, 15) is 9.18 Å². The average molecular weight is 227 g/mol. The highest BCUT2D eigenvalue weighted by Crippen LogP contribution is 2.15. The molecule has 0 unspecified atom stereocenters. The first-order valence-corrected chi connectivity index (χ1v) is 5.14. The highest BCUT2D eigenvalue weighted by Gasteiger charge is 2.15. The molecule has 1 aromatic rings. The Hall–Kier alpha value is -1.03. The summed E-state index contributed by atoms with van der Waals surface area (Å²) in [5, 5.41) is 0. The van der Waals surface area contributed by atoms with E-state index in [4.69, 9.17) is 0 Å². The van der Waals surface area contributed by atoms with Crippen LogP contribution < -0.4 is 0 Å². The minimum absolute atomic E-state index is 0.117. The van der Waals surface area contributed by atoms with Crippen LogP contribution in [0.4, 0.5) is 4.39 Å². The van der Waals surface area contributed by atoms with E-state index in [1.807, 2.05) is 13.8 Å². The molecular formula is C11H14FNOS. The molecule has 4 heteroatoms. The number of carbonyl (C=O) groups is 1. The minimum Gasteiger partial charge on any atom is -0.339 e. The van der Waals surface area contributed by atoms with Crippen molar-refractivity contribution in [3.8, 4) is 0 Å². The van der Waals surface area contributed by atoms with E-state index in [0.717, 1.165) is 0 Å². The highest BCUT2D eigenvalue weighted by molar-refractivity contribution is 7.80. The van der Waals surface area contributed by atoms with Crippen LogP contribution in [0.1, 0.15) is 24.2 Å². The summed E-state index contributed by atoms with van der Waals surface area (Å²) < 4.78 is 12.9. The van der Waals surface area contributed by atoms with Gasteiger partial charge in [-0.2, -0.15) is 0 Å². The van der Waals surface area contributed by atoms with Gasteiger partial charge in [-0.15, -0.1) is 12.6 Å². The van der Waals surface area contributed by atoms with E-state index in [1.54, 1.807) is 11.9 Å². The predicted molar refractivity (Wildman–Crippen MR) is 60.9 cm³/mol. The number of benzene rings is 1. The summed E-state index contributed by atoms with van der Waals surface area (Å²) >= 11 is 3.94. The molecule has 0 fully saturated rings. The second-order valence-corrected chi connectivity index (χ2v) is 4.16. The zero-order valence-electron chi connectivity index (χ0n) is 8.99. The van der Waals surface area contributed by atoms with Crippen LogP contribution in [0.25, 0.3) is 0 Å². The van der Waals surface area contributed by atoms with Crippen LogP contribution in [0.5, 0.6) is 0 Å². The molecule has 82 valence electrons. The summed E-state index contributed by atoms with van der Waals surface area (Å²) in [4.78, 5) is 13.6. The second-order valence-electron chi connectivity index (χ2n) is 3.68. The molecule has 1 aromatic carbocycles. The molecule has 0 spiro atoms. The lowest BCUT2D eigenvalue weighted by Gasteiger charge is -2.21. The summed E-state index contributed by atoms with van der Waals surface area (Å²) in [7, 11) is 1.72. The highest BCUT2D eigenvalue weighted by atomic mass is 32.1. The Morgan fingerprint density at radius 2 is 2.07 bits per heavy atom. The average Bonchev–Trinajstić information content (AvgIpc) is 2.19. The minimum atomic E-state index is -0.415. The number of halogens is 1. The summed E-state index contributed by atoms with van der Waals surface area (Å²) in [6, 6.07) is 4.28. The largest absolute Gasteiger partial charge is 0.339 e. The molecule has 0 bridgehead atoms. The van der Waals surface area contributed by atoms with Crippen molar-refractivity contribution in [1.82, 2.24) is 4.90 Å². The maximum absolute atomic E-state index is 12.9. The van der Waals surface area contributed by atoms with Crippen LogP contribution in [-0.2, 0) is 0 Å². The summed E-state index contributed by atoms with van der Waals surface area (Å²) in [5.41, 5.74) is 0.456. The van der Waals surface area contributed by atoms with Crippen LogP contribution >= 0.6 is 12.6 Å². The van der Waals surface area contributed by atoms with E-state index in [-0.39, 0.29) is 16.8 Å². The number of thiol groups is 1. The standard InChI is InChI=1S/C11H14FNOS/c1-7(2)13(3)11(14)8-4-5-9(12)10(15)6-8/h4-7,15H,1-3H3. The topological polar surface area (TPSA) is 20.3 Å². The van der Waals surface area contributed by atoms with E-state index < -0.39 is 5.82 Å². The Balaban J connectivity index is 2.97. The van der Waals surface area contributed by atoms with Crippen molar-refractivity contribution < 1.29 is 9.18 Å². The van der Waals surface area contributed by atoms with Crippen molar-refractivity contribution in [3.63, 3.8) is 0 Å². The Bertz CT molecular complexity index is 379. The molecule has 0 aliphatic heterocycles. The fourth-order valence-corrected chi connectivity index (χ4v) is 1.30. The molecule has 2 nitrogen and oxygen atoms in total. The summed E-state index contributed by atoms with van der Waals surface area (Å²) in [6.07, 6.45) is 0. The fourth-order valence-electron chi connectivity index (χ4n) is 1.08. The monoisotopic (exact) mass is 227 g/mol. The molecule has 0 aromatic heterocycles. The van der Waals surface area contributed by atoms with E-state index in [0.29, 0.717) is 5.56 Å². The third-order valence-electron chi connectivity index (χ3n) is 2.29. The number of rotatable bonds is 2. The normalized spacial score (nSPS) is 10.5. The molecule has 15 heavy (non-hydrogen) atoms. The van der Waals surface area contributed by atoms with Gasteiger partial charge in [0.05, 0.1) is 0 Å². The molecule has 0 aliphatic carbocycles. The molecule has 1 rings (SSSR count). The third kappa shape index (κ3) is 2.72. The quantitative estimate of drug-likeness (QED) is 0.770. The number of hydrogen-bond donors (Lipinski definition) is 1. The van der Waals surface area contributed by atoms with Gasteiger partial charge in [-0.3, -0.25) is 4.79 Å². The van der Waals surface area contributed by atoms with Crippen LogP contribution in [0.3, 0.4) is 0 Å². The molecule has 0 saturated carbocycles. The van der Waals surface area contributed by atoms with Gasteiger partial charge < -0.3 is 4.90 Å². The number of nitrogens with zero attached hydrogens (tertiary/aromatic N) is 1. The van der Waals surface area contributed by atoms with Crippen LogP contribution in [0.2, 0.25) is 0 Å². The Morgan fingerprint density at radius 1 is 1.47 bits per heavy atom. The van der Waals surface area contributed by atoms with E-state index in [1.165, 1.54) is 18.2 Å². The molecular weight excluding hydrogens is 213 g/mol. The van der Waals surface area contributed by atoms with Crippen molar-refractivity contribution in [2.75, 3.05) is 7.05 Å². The molecule has 1 amide bonds. The lowest BCUT2D eigenvalue weighted by Crippen LogP contribution is -2.32. The van der Waals surface area contributed by atoms with E-state index >= 15 is 0 Å². The van der Waals surface area contributed by atoms with Gasteiger partial charge in [0.25, 0.3) is 5.91 Å². The third-order valence-corrected chi connectivity index (χ3v) is 2.63. The predicted octanol–water partition coefficient (Wildman–Crippen LogP) is 2.59. The summed E-state index contributed by atoms with van der Waals surface area (Å²) in [6.45, 7) is 3.84. The Kier molecular flexibility index (Phi) is 3.74. The molecule has 0 saturated heterocycles. The lowest BCUT2D eigenvalue weighted by molar-refractivity contribution is 0.0754. The summed E-state index contributed by atoms with van der Waals surface area (Å²) in [5.74, 6) is -0.539. The number of hydrogen-bond acceptors (Lipinski definition) is 2. The Morgan fingerprint density at radius 3 is 2.53 bits per heavy atom. The fraction of sp³-hybridized carbons (Fsp3) is 0.364. The van der Waals surface area contributed by atoms with Crippen molar-refractivity contribution in [2.45, 2.75) is 24.8 Å². The Labute approximate surface area is 94.5 Å². The molecule has 0 N–H and O–H groups in total. The maximum Gasteiger partial charge on any atom is 0.253 e. The first-order valence-electron chi connectivity index (χ1n) is 4.69. The zero-order valence-corrected chi connectivity index (χ0v) is 9.88. The maximum atomic E-state index is 12.9. The van der Waals surface area contributed by atoms with Crippen molar-refractivity contribution in [1.29, 1.82) is 0 Å². The van der Waals surface area contributed by atoms with Gasteiger partial charge in [-0.1, -0.05) is 0 Å².